The molecule has 0 atom stereocenters. The van der Waals surface area contributed by atoms with E-state index >= 15 is 0 Å². The summed E-state index contributed by atoms with van der Waals surface area (Å²) in [6.45, 7) is 5.67. The lowest BCUT2D eigenvalue weighted by molar-refractivity contribution is -0.576. The van der Waals surface area contributed by atoms with Crippen molar-refractivity contribution in [2.45, 2.75) is 26.7 Å². The van der Waals surface area contributed by atoms with Crippen LogP contribution < -0.4 is 14.6 Å². The first-order valence-corrected chi connectivity index (χ1v) is 12.4. The molecule has 1 aliphatic heterocycles. The van der Waals surface area contributed by atoms with E-state index in [2.05, 4.69) is 5.10 Å². The zero-order valence-corrected chi connectivity index (χ0v) is 21.8. The number of anilines is 1. The third kappa shape index (κ3) is 4.20. The highest BCUT2D eigenvalue weighted by atomic mass is 35.5. The summed E-state index contributed by atoms with van der Waals surface area (Å²) in [5, 5.41) is 19.1. The van der Waals surface area contributed by atoms with E-state index in [1.807, 2.05) is 32.9 Å². The molecule has 0 saturated heterocycles. The van der Waals surface area contributed by atoms with Gasteiger partial charge < -0.3 is 5.11 Å². The van der Waals surface area contributed by atoms with E-state index in [9.17, 15) is 14.7 Å². The standard InChI is InChI=1S/C28H22Cl2N4O3/c1-16(2)24-22(27(36)34(31-24)19-11-12-20(29)21(30)15-19)23-25(32-13-5-4-6-14-32)28(37)33(26(23)35)18-9-7-17(3)8-10-18/h4-16H,1-3H3. The van der Waals surface area contributed by atoms with Gasteiger partial charge in [-0.15, -0.1) is 0 Å². The average Bonchev–Trinajstić information content (AvgIpc) is 3.35. The van der Waals surface area contributed by atoms with Crippen molar-refractivity contribution in [2.75, 3.05) is 4.90 Å². The molecule has 2 amide bonds. The van der Waals surface area contributed by atoms with E-state index in [-0.39, 0.29) is 27.8 Å². The molecular formula is C28H22Cl2N4O3. The molecule has 186 valence electrons. The zero-order valence-electron chi connectivity index (χ0n) is 20.3. The van der Waals surface area contributed by atoms with Crippen LogP contribution in [0.4, 0.5) is 5.69 Å². The van der Waals surface area contributed by atoms with Gasteiger partial charge in [0, 0.05) is 17.7 Å². The van der Waals surface area contributed by atoms with Crippen LogP contribution in [0.5, 0.6) is 5.88 Å². The predicted octanol–water partition coefficient (Wildman–Crippen LogP) is 4.91. The van der Waals surface area contributed by atoms with Crippen molar-refractivity contribution in [1.29, 1.82) is 0 Å². The molecule has 0 aliphatic carbocycles. The smallest absolute Gasteiger partial charge is 0.331 e. The first kappa shape index (κ1) is 24.7. The normalized spacial score (nSPS) is 13.8. The molecule has 3 heterocycles. The Kier molecular flexibility index (Phi) is 6.35. The number of rotatable bonds is 5. The van der Waals surface area contributed by atoms with Gasteiger partial charge in [0.05, 0.1) is 27.1 Å². The predicted molar refractivity (Wildman–Crippen MR) is 141 cm³/mol. The van der Waals surface area contributed by atoms with Crippen LogP contribution in [0.3, 0.4) is 0 Å². The molecule has 37 heavy (non-hydrogen) atoms. The summed E-state index contributed by atoms with van der Waals surface area (Å²) in [7, 11) is 0. The molecule has 0 unspecified atom stereocenters. The lowest BCUT2D eigenvalue weighted by atomic mass is 9.98. The summed E-state index contributed by atoms with van der Waals surface area (Å²) < 4.78 is 2.75. The molecular weight excluding hydrogens is 511 g/mol. The van der Waals surface area contributed by atoms with Gasteiger partial charge in [0.25, 0.3) is 11.6 Å². The van der Waals surface area contributed by atoms with E-state index in [1.165, 1.54) is 10.7 Å². The molecule has 2 aromatic heterocycles. The van der Waals surface area contributed by atoms with Crippen molar-refractivity contribution < 1.29 is 19.3 Å². The number of imide groups is 1. The monoisotopic (exact) mass is 532 g/mol. The third-order valence-electron chi connectivity index (χ3n) is 6.14. The van der Waals surface area contributed by atoms with Crippen LogP contribution in [0, 0.1) is 6.92 Å². The van der Waals surface area contributed by atoms with Crippen LogP contribution in [-0.4, -0.2) is 21.6 Å². The molecule has 0 fully saturated rings. The fraction of sp³-hybridized carbons (Fsp3) is 0.143. The Hall–Kier alpha value is -3.94. The maximum Gasteiger partial charge on any atom is 0.331 e. The quantitative estimate of drug-likeness (QED) is 0.270. The van der Waals surface area contributed by atoms with Crippen molar-refractivity contribution in [3.8, 4) is 11.6 Å². The molecule has 2 aromatic carbocycles. The minimum atomic E-state index is -0.590. The van der Waals surface area contributed by atoms with Gasteiger partial charge in [0.2, 0.25) is 0 Å². The highest BCUT2D eigenvalue weighted by Crippen LogP contribution is 2.41. The van der Waals surface area contributed by atoms with Crippen molar-refractivity contribution >= 4 is 52.0 Å². The molecule has 0 N–H and O–H groups in total. The van der Waals surface area contributed by atoms with Gasteiger partial charge in [-0.2, -0.15) is 9.67 Å². The van der Waals surface area contributed by atoms with Crippen LogP contribution in [0.1, 0.15) is 36.6 Å². The number of aromatic nitrogens is 3. The fourth-order valence-corrected chi connectivity index (χ4v) is 4.60. The number of carbonyl (C=O) groups is 2. The van der Waals surface area contributed by atoms with Crippen molar-refractivity contribution in [2.24, 2.45) is 0 Å². The summed E-state index contributed by atoms with van der Waals surface area (Å²) in [6, 6.07) is 17.1. The van der Waals surface area contributed by atoms with E-state index < -0.39 is 17.7 Å². The van der Waals surface area contributed by atoms with E-state index in [4.69, 9.17) is 23.2 Å². The number of carbonyl (C=O) groups excluding carboxylic acids is 2. The van der Waals surface area contributed by atoms with Gasteiger partial charge in [-0.1, -0.05) is 60.8 Å². The second-order valence-corrected chi connectivity index (χ2v) is 9.83. The molecule has 0 radical (unpaired) electrons. The summed E-state index contributed by atoms with van der Waals surface area (Å²) in [4.78, 5) is 28.9. The molecule has 0 spiro atoms. The number of aryl methyl sites for hydroxylation is 1. The van der Waals surface area contributed by atoms with Crippen LogP contribution in [-0.2, 0) is 9.59 Å². The van der Waals surface area contributed by atoms with E-state index in [0.717, 1.165) is 10.5 Å². The molecule has 0 bridgehead atoms. The zero-order chi connectivity index (χ0) is 26.4. The van der Waals surface area contributed by atoms with Gasteiger partial charge in [-0.3, -0.25) is 9.59 Å². The van der Waals surface area contributed by atoms with Crippen molar-refractivity contribution in [3.63, 3.8) is 0 Å². The van der Waals surface area contributed by atoms with Crippen LogP contribution in [0.15, 0.2) is 73.1 Å². The molecule has 7 nitrogen and oxygen atoms in total. The van der Waals surface area contributed by atoms with Crippen LogP contribution >= 0.6 is 23.2 Å². The topological polar surface area (TPSA) is 82.1 Å². The number of hydrogen-bond acceptors (Lipinski definition) is 4. The molecule has 5 rings (SSSR count). The van der Waals surface area contributed by atoms with E-state index in [0.29, 0.717) is 22.1 Å². The number of halogens is 2. The SMILES string of the molecule is Cc1ccc(N2C(=O)C(c3c(C(C)C)nn(-c4ccc(Cl)c(Cl)c4)c3[O-])=C([n+]3ccccc3)C2=O)cc1. The fourth-order valence-electron chi connectivity index (χ4n) is 4.31. The van der Waals surface area contributed by atoms with Gasteiger partial charge in [-0.25, -0.2) is 9.58 Å². The summed E-state index contributed by atoms with van der Waals surface area (Å²) >= 11 is 12.3. The van der Waals surface area contributed by atoms with Gasteiger partial charge >= 0.3 is 5.91 Å². The maximum absolute atomic E-state index is 14.0. The number of amides is 2. The Balaban J connectivity index is 1.78. The Bertz CT molecular complexity index is 1580. The highest BCUT2D eigenvalue weighted by Gasteiger charge is 2.47. The summed E-state index contributed by atoms with van der Waals surface area (Å²) in [5.74, 6) is -1.88. The first-order valence-electron chi connectivity index (χ1n) is 11.6. The maximum atomic E-state index is 14.0. The second kappa shape index (κ2) is 9.50. The number of pyridine rings is 1. The molecule has 0 saturated carbocycles. The lowest BCUT2D eigenvalue weighted by Crippen LogP contribution is -2.39. The summed E-state index contributed by atoms with van der Waals surface area (Å²) in [6.07, 6.45) is 3.34. The van der Waals surface area contributed by atoms with Crippen molar-refractivity contribution in [1.82, 2.24) is 9.78 Å². The summed E-state index contributed by atoms with van der Waals surface area (Å²) in [5.41, 5.74) is 2.36. The molecule has 9 heteroatoms. The highest BCUT2D eigenvalue weighted by molar-refractivity contribution is 6.53. The Morgan fingerprint density at radius 1 is 0.892 bits per heavy atom. The third-order valence-corrected chi connectivity index (χ3v) is 6.88. The second-order valence-electron chi connectivity index (χ2n) is 9.02. The number of hydrogen-bond donors (Lipinski definition) is 0. The molecule has 4 aromatic rings. The minimum absolute atomic E-state index is 0.00165. The van der Waals surface area contributed by atoms with E-state index in [1.54, 1.807) is 59.4 Å². The van der Waals surface area contributed by atoms with Crippen LogP contribution in [0.2, 0.25) is 10.0 Å². The first-order chi connectivity index (χ1) is 17.7. The molecule has 1 aliphatic rings. The van der Waals surface area contributed by atoms with Crippen molar-refractivity contribution in [3.05, 3.63) is 99.9 Å². The van der Waals surface area contributed by atoms with Gasteiger partial charge in [0.15, 0.2) is 12.4 Å². The van der Waals surface area contributed by atoms with Gasteiger partial charge in [-0.05, 0) is 49.1 Å². The average molecular weight is 533 g/mol. The largest absolute Gasteiger partial charge is 0.858 e. The Morgan fingerprint density at radius 2 is 1.54 bits per heavy atom. The minimum Gasteiger partial charge on any atom is -0.858 e. The number of nitrogens with zero attached hydrogens (tertiary/aromatic N) is 4. The van der Waals surface area contributed by atoms with Gasteiger partial charge in [0.1, 0.15) is 5.57 Å². The lowest BCUT2D eigenvalue weighted by Gasteiger charge is -2.16. The Morgan fingerprint density at radius 3 is 2.16 bits per heavy atom. The van der Waals surface area contributed by atoms with Crippen LogP contribution in [0.25, 0.3) is 17.0 Å². The Labute approximate surface area is 223 Å². The number of benzene rings is 2.